The lowest BCUT2D eigenvalue weighted by Gasteiger charge is -2.28. The number of benzene rings is 2. The number of hydrogen-bond acceptors (Lipinski definition) is 4. The number of hydrogen-bond donors (Lipinski definition) is 0. The lowest BCUT2D eigenvalue weighted by atomic mass is 10.1. The third kappa shape index (κ3) is 4.59. The summed E-state index contributed by atoms with van der Waals surface area (Å²) in [6, 6.07) is 15.8. The van der Waals surface area contributed by atoms with Crippen LogP contribution in [0.3, 0.4) is 0 Å². The Bertz CT molecular complexity index is 715. The van der Waals surface area contributed by atoms with Crippen molar-refractivity contribution in [3.05, 3.63) is 65.7 Å². The highest BCUT2D eigenvalue weighted by Gasteiger charge is 2.29. The van der Waals surface area contributed by atoms with Crippen LogP contribution in [0, 0.1) is 0 Å². The predicted octanol–water partition coefficient (Wildman–Crippen LogP) is 3.29. The standard InChI is InChI=1S/C20H23NO4/c1-4-25-20(23)15(2)21(14-16-10-6-5-7-11-16)19(22)17-12-8-9-13-18(17)24-3/h5-13,15H,4,14H2,1-3H3. The number of ether oxygens (including phenoxy) is 2. The Balaban J connectivity index is 2.36. The van der Waals surface area contributed by atoms with E-state index in [0.29, 0.717) is 17.9 Å². The molecule has 2 aromatic carbocycles. The van der Waals surface area contributed by atoms with E-state index in [2.05, 4.69) is 0 Å². The van der Waals surface area contributed by atoms with E-state index in [4.69, 9.17) is 9.47 Å². The van der Waals surface area contributed by atoms with Gasteiger partial charge < -0.3 is 14.4 Å². The molecule has 5 nitrogen and oxygen atoms in total. The van der Waals surface area contributed by atoms with E-state index in [1.165, 1.54) is 12.0 Å². The Kier molecular flexibility index (Phi) is 6.57. The van der Waals surface area contributed by atoms with Crippen molar-refractivity contribution in [3.8, 4) is 5.75 Å². The van der Waals surface area contributed by atoms with Gasteiger partial charge in [-0.05, 0) is 31.5 Å². The second kappa shape index (κ2) is 8.87. The van der Waals surface area contributed by atoms with Crippen molar-refractivity contribution in [3.63, 3.8) is 0 Å². The molecule has 1 unspecified atom stereocenters. The summed E-state index contributed by atoms with van der Waals surface area (Å²) in [5, 5.41) is 0. The van der Waals surface area contributed by atoms with Gasteiger partial charge in [0.15, 0.2) is 0 Å². The minimum Gasteiger partial charge on any atom is -0.496 e. The Morgan fingerprint density at radius 3 is 2.32 bits per heavy atom. The summed E-state index contributed by atoms with van der Waals surface area (Å²) in [6.07, 6.45) is 0. The fourth-order valence-electron chi connectivity index (χ4n) is 2.53. The van der Waals surface area contributed by atoms with Crippen molar-refractivity contribution in [1.29, 1.82) is 0 Å². The average Bonchev–Trinajstić information content (AvgIpc) is 2.66. The van der Waals surface area contributed by atoms with E-state index in [1.807, 2.05) is 30.3 Å². The molecule has 1 atom stereocenters. The third-order valence-electron chi connectivity index (χ3n) is 3.89. The van der Waals surface area contributed by atoms with Gasteiger partial charge in [0.05, 0.1) is 19.3 Å². The van der Waals surface area contributed by atoms with E-state index in [0.717, 1.165) is 5.56 Å². The van der Waals surface area contributed by atoms with Gasteiger partial charge in [0, 0.05) is 6.54 Å². The van der Waals surface area contributed by atoms with Gasteiger partial charge in [-0.1, -0.05) is 42.5 Å². The van der Waals surface area contributed by atoms with Crippen LogP contribution in [0.1, 0.15) is 29.8 Å². The van der Waals surface area contributed by atoms with Crippen LogP contribution in [0.4, 0.5) is 0 Å². The number of para-hydroxylation sites is 1. The first kappa shape index (κ1) is 18.5. The van der Waals surface area contributed by atoms with Crippen LogP contribution in [-0.4, -0.2) is 36.5 Å². The van der Waals surface area contributed by atoms with Crippen LogP contribution in [0.5, 0.6) is 5.75 Å². The second-order valence-corrected chi connectivity index (χ2v) is 5.55. The van der Waals surface area contributed by atoms with Crippen LogP contribution < -0.4 is 4.74 Å². The molecular weight excluding hydrogens is 318 g/mol. The van der Waals surface area contributed by atoms with Crippen molar-refractivity contribution in [2.24, 2.45) is 0 Å². The Morgan fingerprint density at radius 2 is 1.68 bits per heavy atom. The molecule has 1 amide bonds. The molecule has 0 bridgehead atoms. The Labute approximate surface area is 148 Å². The molecule has 132 valence electrons. The van der Waals surface area contributed by atoms with Gasteiger partial charge >= 0.3 is 5.97 Å². The molecule has 0 saturated carbocycles. The molecule has 0 spiro atoms. The van der Waals surface area contributed by atoms with Gasteiger partial charge in [-0.3, -0.25) is 4.79 Å². The van der Waals surface area contributed by atoms with Gasteiger partial charge in [0.25, 0.3) is 5.91 Å². The maximum atomic E-state index is 13.1. The molecule has 5 heteroatoms. The zero-order valence-electron chi connectivity index (χ0n) is 14.8. The summed E-state index contributed by atoms with van der Waals surface area (Å²) in [4.78, 5) is 26.8. The molecule has 25 heavy (non-hydrogen) atoms. The summed E-state index contributed by atoms with van der Waals surface area (Å²) in [5.41, 5.74) is 1.35. The van der Waals surface area contributed by atoms with Crippen molar-refractivity contribution in [2.75, 3.05) is 13.7 Å². The van der Waals surface area contributed by atoms with Crippen LogP contribution in [-0.2, 0) is 16.1 Å². The zero-order chi connectivity index (χ0) is 18.2. The lowest BCUT2D eigenvalue weighted by molar-refractivity contribution is -0.148. The lowest BCUT2D eigenvalue weighted by Crippen LogP contribution is -2.43. The Morgan fingerprint density at radius 1 is 1.04 bits per heavy atom. The SMILES string of the molecule is CCOC(=O)C(C)N(Cc1ccccc1)C(=O)c1ccccc1OC. The second-order valence-electron chi connectivity index (χ2n) is 5.55. The molecule has 2 aromatic rings. The van der Waals surface area contributed by atoms with Crippen molar-refractivity contribution in [2.45, 2.75) is 26.4 Å². The smallest absolute Gasteiger partial charge is 0.328 e. The van der Waals surface area contributed by atoms with E-state index >= 15 is 0 Å². The molecule has 0 radical (unpaired) electrons. The average molecular weight is 341 g/mol. The molecule has 0 aliphatic heterocycles. The molecule has 0 N–H and O–H groups in total. The monoisotopic (exact) mass is 341 g/mol. The van der Waals surface area contributed by atoms with Gasteiger partial charge in [-0.15, -0.1) is 0 Å². The summed E-state index contributed by atoms with van der Waals surface area (Å²) >= 11 is 0. The maximum absolute atomic E-state index is 13.1. The summed E-state index contributed by atoms with van der Waals surface area (Å²) in [5.74, 6) is -0.231. The summed E-state index contributed by atoms with van der Waals surface area (Å²) in [6.45, 7) is 3.99. The number of esters is 1. The number of carbonyl (C=O) groups is 2. The van der Waals surface area contributed by atoms with E-state index in [-0.39, 0.29) is 12.5 Å². The van der Waals surface area contributed by atoms with Gasteiger partial charge in [0.1, 0.15) is 11.8 Å². The van der Waals surface area contributed by atoms with Crippen molar-refractivity contribution >= 4 is 11.9 Å². The van der Waals surface area contributed by atoms with Crippen LogP contribution in [0.15, 0.2) is 54.6 Å². The largest absolute Gasteiger partial charge is 0.496 e. The third-order valence-corrected chi connectivity index (χ3v) is 3.89. The first-order chi connectivity index (χ1) is 12.1. The van der Waals surface area contributed by atoms with Gasteiger partial charge in [-0.25, -0.2) is 4.79 Å². The minimum absolute atomic E-state index is 0.269. The highest BCUT2D eigenvalue weighted by Crippen LogP contribution is 2.22. The summed E-state index contributed by atoms with van der Waals surface area (Å²) < 4.78 is 10.4. The number of methoxy groups -OCH3 is 1. The Hall–Kier alpha value is -2.82. The van der Waals surface area contributed by atoms with E-state index in [9.17, 15) is 9.59 Å². The molecule has 0 aliphatic carbocycles. The quantitative estimate of drug-likeness (QED) is 0.725. The highest BCUT2D eigenvalue weighted by atomic mass is 16.5. The normalized spacial score (nSPS) is 11.5. The molecule has 0 aliphatic rings. The van der Waals surface area contributed by atoms with Crippen LogP contribution in [0.2, 0.25) is 0 Å². The van der Waals surface area contributed by atoms with Crippen LogP contribution in [0.25, 0.3) is 0 Å². The number of nitrogens with zero attached hydrogens (tertiary/aromatic N) is 1. The maximum Gasteiger partial charge on any atom is 0.328 e. The van der Waals surface area contributed by atoms with Crippen LogP contribution >= 0.6 is 0 Å². The predicted molar refractivity (Wildman–Crippen MR) is 95.4 cm³/mol. The molecule has 0 aromatic heterocycles. The first-order valence-corrected chi connectivity index (χ1v) is 8.23. The fraction of sp³-hybridized carbons (Fsp3) is 0.300. The molecule has 0 heterocycles. The summed E-state index contributed by atoms with van der Waals surface area (Å²) in [7, 11) is 1.52. The van der Waals surface area contributed by atoms with Gasteiger partial charge in [0.2, 0.25) is 0 Å². The molecular formula is C20H23NO4. The highest BCUT2D eigenvalue weighted by molar-refractivity contribution is 5.99. The molecule has 2 rings (SSSR count). The van der Waals surface area contributed by atoms with E-state index in [1.54, 1.807) is 38.1 Å². The first-order valence-electron chi connectivity index (χ1n) is 8.23. The topological polar surface area (TPSA) is 55.8 Å². The van der Waals surface area contributed by atoms with Crippen molar-refractivity contribution in [1.82, 2.24) is 4.90 Å². The molecule has 0 saturated heterocycles. The number of amides is 1. The van der Waals surface area contributed by atoms with Gasteiger partial charge in [-0.2, -0.15) is 0 Å². The zero-order valence-corrected chi connectivity index (χ0v) is 14.8. The number of rotatable bonds is 7. The van der Waals surface area contributed by atoms with E-state index < -0.39 is 12.0 Å². The van der Waals surface area contributed by atoms with Crippen molar-refractivity contribution < 1.29 is 19.1 Å². The number of carbonyl (C=O) groups excluding carboxylic acids is 2. The minimum atomic E-state index is -0.711. The fourth-order valence-corrected chi connectivity index (χ4v) is 2.53. The molecule has 0 fully saturated rings.